The molecule has 1 aromatic rings. The number of carbonyl (C=O) groups is 2. The van der Waals surface area contributed by atoms with Gasteiger partial charge in [-0.3, -0.25) is 14.5 Å². The summed E-state index contributed by atoms with van der Waals surface area (Å²) in [6, 6.07) is 4.99. The summed E-state index contributed by atoms with van der Waals surface area (Å²) < 4.78 is 10.6. The van der Waals surface area contributed by atoms with Crippen LogP contribution >= 0.6 is 0 Å². The number of aliphatic hydroxyl groups excluding tert-OH is 1. The van der Waals surface area contributed by atoms with Crippen LogP contribution in [0.4, 0.5) is 0 Å². The van der Waals surface area contributed by atoms with Crippen LogP contribution in [-0.2, 0) is 16.1 Å². The first-order valence-corrected chi connectivity index (χ1v) is 8.93. The Morgan fingerprint density at radius 1 is 1.30 bits per heavy atom. The van der Waals surface area contributed by atoms with Gasteiger partial charge in [0.2, 0.25) is 11.8 Å². The van der Waals surface area contributed by atoms with Gasteiger partial charge in [0, 0.05) is 25.7 Å². The van der Waals surface area contributed by atoms with Gasteiger partial charge in [0.1, 0.15) is 11.5 Å². The van der Waals surface area contributed by atoms with Crippen molar-refractivity contribution >= 4 is 11.8 Å². The average Bonchev–Trinajstić information content (AvgIpc) is 2.63. The molecule has 0 aromatic heterocycles. The first-order valence-electron chi connectivity index (χ1n) is 8.93. The Morgan fingerprint density at radius 3 is 2.48 bits per heavy atom. The van der Waals surface area contributed by atoms with Crippen molar-refractivity contribution in [2.75, 3.05) is 33.9 Å². The molecular weight excluding hydrogens is 350 g/mol. The van der Waals surface area contributed by atoms with Crippen molar-refractivity contribution in [1.82, 2.24) is 15.5 Å². The first kappa shape index (κ1) is 21.0. The lowest BCUT2D eigenvalue weighted by atomic mass is 10.0. The van der Waals surface area contributed by atoms with E-state index in [1.165, 1.54) is 0 Å². The molecule has 1 unspecified atom stereocenters. The predicted octanol–water partition coefficient (Wildman–Crippen LogP) is 0.281. The van der Waals surface area contributed by atoms with Crippen LogP contribution in [0.1, 0.15) is 25.8 Å². The molecular formula is C19H29N3O5. The molecule has 27 heavy (non-hydrogen) atoms. The molecule has 8 heteroatoms. The largest absolute Gasteiger partial charge is 0.497 e. The van der Waals surface area contributed by atoms with Crippen molar-refractivity contribution in [3.05, 3.63) is 23.8 Å². The fourth-order valence-corrected chi connectivity index (χ4v) is 3.01. The summed E-state index contributed by atoms with van der Waals surface area (Å²) in [5, 5.41) is 14.9. The van der Waals surface area contributed by atoms with Gasteiger partial charge >= 0.3 is 0 Å². The Morgan fingerprint density at radius 2 is 1.93 bits per heavy atom. The zero-order valence-corrected chi connectivity index (χ0v) is 16.4. The number of hydrogen-bond donors (Lipinski definition) is 3. The Balaban J connectivity index is 2.14. The maximum absolute atomic E-state index is 12.4. The van der Waals surface area contributed by atoms with Gasteiger partial charge in [-0.15, -0.1) is 0 Å². The van der Waals surface area contributed by atoms with Crippen molar-refractivity contribution in [3.63, 3.8) is 0 Å². The first-order chi connectivity index (χ1) is 12.8. The van der Waals surface area contributed by atoms with Crippen LogP contribution in [0.25, 0.3) is 0 Å². The quantitative estimate of drug-likeness (QED) is 0.600. The van der Waals surface area contributed by atoms with Crippen molar-refractivity contribution in [2.24, 2.45) is 0 Å². The molecule has 1 aliphatic heterocycles. The normalized spacial score (nSPS) is 18.0. The molecule has 0 saturated carbocycles. The summed E-state index contributed by atoms with van der Waals surface area (Å²) in [5.74, 6) is 0.895. The van der Waals surface area contributed by atoms with Gasteiger partial charge in [-0.2, -0.15) is 0 Å². The van der Waals surface area contributed by atoms with E-state index in [1.54, 1.807) is 34.1 Å². The predicted molar refractivity (Wildman–Crippen MR) is 101 cm³/mol. The van der Waals surface area contributed by atoms with E-state index >= 15 is 0 Å². The van der Waals surface area contributed by atoms with Crippen LogP contribution < -0.4 is 20.1 Å². The van der Waals surface area contributed by atoms with Crippen molar-refractivity contribution in [1.29, 1.82) is 0 Å². The number of carbonyl (C=O) groups excluding carboxylic acids is 2. The number of benzene rings is 1. The summed E-state index contributed by atoms with van der Waals surface area (Å²) in [7, 11) is 3.17. The second kappa shape index (κ2) is 9.05. The van der Waals surface area contributed by atoms with E-state index < -0.39 is 11.6 Å². The van der Waals surface area contributed by atoms with Crippen molar-refractivity contribution < 1.29 is 24.2 Å². The topological polar surface area (TPSA) is 100 Å². The van der Waals surface area contributed by atoms with E-state index in [-0.39, 0.29) is 24.8 Å². The highest BCUT2D eigenvalue weighted by molar-refractivity contribution is 5.89. The molecule has 1 fully saturated rings. The monoisotopic (exact) mass is 379 g/mol. The summed E-state index contributed by atoms with van der Waals surface area (Å²) in [5.41, 5.74) is 0.203. The highest BCUT2D eigenvalue weighted by Crippen LogP contribution is 2.24. The molecule has 1 heterocycles. The van der Waals surface area contributed by atoms with Gasteiger partial charge in [0.25, 0.3) is 0 Å². The van der Waals surface area contributed by atoms with Crippen LogP contribution in [-0.4, -0.2) is 67.3 Å². The van der Waals surface area contributed by atoms with Crippen LogP contribution in [0.5, 0.6) is 11.5 Å². The number of nitrogens with one attached hydrogen (secondary N) is 2. The minimum absolute atomic E-state index is 0.0242. The highest BCUT2D eigenvalue weighted by Gasteiger charge is 2.33. The Bertz CT molecular complexity index is 655. The zero-order valence-electron chi connectivity index (χ0n) is 16.4. The Kier molecular flexibility index (Phi) is 7.04. The van der Waals surface area contributed by atoms with Crippen molar-refractivity contribution in [3.8, 4) is 11.5 Å². The van der Waals surface area contributed by atoms with Crippen LogP contribution in [0, 0.1) is 0 Å². The van der Waals surface area contributed by atoms with Gasteiger partial charge in [-0.1, -0.05) is 0 Å². The Labute approximate surface area is 159 Å². The number of nitrogens with zero attached hydrogens (tertiary/aromatic N) is 1. The summed E-state index contributed by atoms with van der Waals surface area (Å²) in [6.07, 6.45) is 0.0242. The Hall–Kier alpha value is -2.32. The third-order valence-electron chi connectivity index (χ3n) is 4.49. The zero-order chi connectivity index (χ0) is 20.0. The van der Waals surface area contributed by atoms with E-state index in [0.717, 1.165) is 5.56 Å². The van der Waals surface area contributed by atoms with Gasteiger partial charge in [0.05, 0.1) is 38.8 Å². The number of piperazine rings is 1. The lowest BCUT2D eigenvalue weighted by Crippen LogP contribution is -2.57. The SMILES string of the molecule is COc1cc(CN2CCNC(=O)C2CC(=O)NC(C)(C)CO)cc(OC)c1. The summed E-state index contributed by atoms with van der Waals surface area (Å²) in [6.45, 7) is 4.93. The van der Waals surface area contributed by atoms with E-state index in [9.17, 15) is 14.7 Å². The molecule has 2 amide bonds. The minimum Gasteiger partial charge on any atom is -0.497 e. The molecule has 1 atom stereocenters. The molecule has 3 N–H and O–H groups in total. The molecule has 1 aromatic carbocycles. The molecule has 8 nitrogen and oxygen atoms in total. The van der Waals surface area contributed by atoms with Gasteiger partial charge in [-0.05, 0) is 31.5 Å². The molecule has 0 spiro atoms. The fraction of sp³-hybridized carbons (Fsp3) is 0.579. The standard InChI is InChI=1S/C19H29N3O5/c1-19(2,12-23)21-17(24)10-16-18(25)20-5-6-22(16)11-13-7-14(26-3)9-15(8-13)27-4/h7-9,16,23H,5-6,10-12H2,1-4H3,(H,20,25)(H,21,24). The minimum atomic E-state index is -0.729. The van der Waals surface area contributed by atoms with Gasteiger partial charge in [0.15, 0.2) is 0 Å². The van der Waals surface area contributed by atoms with E-state index in [0.29, 0.717) is 31.1 Å². The number of methoxy groups -OCH3 is 2. The van der Waals surface area contributed by atoms with E-state index in [4.69, 9.17) is 9.47 Å². The third-order valence-corrected chi connectivity index (χ3v) is 4.49. The van der Waals surface area contributed by atoms with Crippen LogP contribution in [0.2, 0.25) is 0 Å². The van der Waals surface area contributed by atoms with Crippen LogP contribution in [0.3, 0.4) is 0 Å². The third kappa shape index (κ3) is 5.83. The number of aliphatic hydroxyl groups is 1. The number of amides is 2. The summed E-state index contributed by atoms with van der Waals surface area (Å²) in [4.78, 5) is 26.7. The van der Waals surface area contributed by atoms with Crippen LogP contribution in [0.15, 0.2) is 18.2 Å². The molecule has 1 saturated heterocycles. The van der Waals surface area contributed by atoms with Gasteiger partial charge in [-0.25, -0.2) is 0 Å². The molecule has 0 aliphatic carbocycles. The second-order valence-electron chi connectivity index (χ2n) is 7.29. The smallest absolute Gasteiger partial charge is 0.237 e. The second-order valence-corrected chi connectivity index (χ2v) is 7.29. The maximum Gasteiger partial charge on any atom is 0.237 e. The molecule has 1 aliphatic rings. The highest BCUT2D eigenvalue weighted by atomic mass is 16.5. The van der Waals surface area contributed by atoms with E-state index in [2.05, 4.69) is 10.6 Å². The average molecular weight is 379 g/mol. The molecule has 0 bridgehead atoms. The van der Waals surface area contributed by atoms with Gasteiger partial charge < -0.3 is 25.2 Å². The summed E-state index contributed by atoms with van der Waals surface area (Å²) >= 11 is 0. The molecule has 2 rings (SSSR count). The van der Waals surface area contributed by atoms with Crippen molar-refractivity contribution in [2.45, 2.75) is 38.4 Å². The van der Waals surface area contributed by atoms with E-state index in [1.807, 2.05) is 17.0 Å². The lowest BCUT2D eigenvalue weighted by Gasteiger charge is -2.35. The molecule has 150 valence electrons. The lowest BCUT2D eigenvalue weighted by molar-refractivity contribution is -0.135. The number of ether oxygens (including phenoxy) is 2. The fourth-order valence-electron chi connectivity index (χ4n) is 3.01. The maximum atomic E-state index is 12.4. The number of hydrogen-bond acceptors (Lipinski definition) is 6. The number of rotatable bonds is 8. The molecule has 0 radical (unpaired) electrons.